The van der Waals surface area contributed by atoms with Crippen molar-refractivity contribution in [3.8, 4) is 0 Å². The smallest absolute Gasteiger partial charge is 0.315 e. The zero-order valence-corrected chi connectivity index (χ0v) is 17.2. The van der Waals surface area contributed by atoms with Crippen LogP contribution in [0.15, 0.2) is 30.5 Å². The van der Waals surface area contributed by atoms with Crippen molar-refractivity contribution in [2.75, 3.05) is 11.1 Å². The van der Waals surface area contributed by atoms with Crippen molar-refractivity contribution in [2.45, 2.75) is 62.9 Å². The van der Waals surface area contributed by atoms with Gasteiger partial charge in [0.15, 0.2) is 0 Å². The highest BCUT2D eigenvalue weighted by Gasteiger charge is 2.42. The lowest BCUT2D eigenvalue weighted by Gasteiger charge is -2.16. The quantitative estimate of drug-likeness (QED) is 0.488. The average Bonchev–Trinajstić information content (AvgIpc) is 3.33. The van der Waals surface area contributed by atoms with Crippen LogP contribution in [0.1, 0.15) is 45.6 Å². The van der Waals surface area contributed by atoms with Gasteiger partial charge >= 0.3 is 6.03 Å². The molecule has 28 heavy (non-hydrogen) atoms. The van der Waals surface area contributed by atoms with Crippen molar-refractivity contribution in [2.24, 2.45) is 0 Å². The van der Waals surface area contributed by atoms with Gasteiger partial charge in [-0.3, -0.25) is 4.79 Å². The summed E-state index contributed by atoms with van der Waals surface area (Å²) in [5.41, 5.74) is 2.03. The number of carbonyl (C=O) groups excluding carboxylic acids is 2. The molecule has 3 unspecified atom stereocenters. The van der Waals surface area contributed by atoms with Gasteiger partial charge in [0.05, 0.1) is 23.3 Å². The zero-order valence-electron chi connectivity index (χ0n) is 16.4. The molecule has 0 bridgehead atoms. The van der Waals surface area contributed by atoms with Crippen LogP contribution in [-0.4, -0.2) is 39.6 Å². The summed E-state index contributed by atoms with van der Waals surface area (Å²) in [6.45, 7) is 4.31. The van der Waals surface area contributed by atoms with Crippen LogP contribution in [0.5, 0.6) is 0 Å². The molecule has 3 N–H and O–H groups in total. The summed E-state index contributed by atoms with van der Waals surface area (Å²) in [7, 11) is 0. The van der Waals surface area contributed by atoms with Crippen LogP contribution < -0.4 is 16.0 Å². The Bertz CT molecular complexity index is 878. The third-order valence-corrected chi connectivity index (χ3v) is 7.18. The summed E-state index contributed by atoms with van der Waals surface area (Å²) >= 11 is 1.92. The normalized spacial score (nSPS) is 23.7. The number of carbonyl (C=O) groups is 2. The predicted molar refractivity (Wildman–Crippen MR) is 115 cm³/mol. The first-order valence-electron chi connectivity index (χ1n) is 10.1. The Morgan fingerprint density at radius 1 is 1.29 bits per heavy atom. The molecule has 7 heteroatoms. The van der Waals surface area contributed by atoms with Crippen LogP contribution in [0.3, 0.4) is 0 Å². The maximum absolute atomic E-state index is 12.4. The topological polar surface area (TPSA) is 75.2 Å². The summed E-state index contributed by atoms with van der Waals surface area (Å²) < 4.78 is 2.22. The second-order valence-electron chi connectivity index (χ2n) is 7.97. The Balaban J connectivity index is 1.26. The maximum atomic E-state index is 12.4. The summed E-state index contributed by atoms with van der Waals surface area (Å²) in [6.07, 6.45) is 5.50. The zero-order chi connectivity index (χ0) is 19.7. The number of hydrogen-bond acceptors (Lipinski definition) is 3. The molecule has 2 aliphatic rings. The highest BCUT2D eigenvalue weighted by Crippen LogP contribution is 2.33. The third-order valence-electron chi connectivity index (χ3n) is 5.67. The number of amides is 3. The molecule has 3 amide bonds. The minimum Gasteiger partial charge on any atom is -0.345 e. The Kier molecular flexibility index (Phi) is 5.53. The number of urea groups is 1. The van der Waals surface area contributed by atoms with Gasteiger partial charge in [-0.15, -0.1) is 0 Å². The monoisotopic (exact) mass is 400 g/mol. The Hall–Kier alpha value is -2.15. The molecule has 2 fully saturated rings. The second-order valence-corrected chi connectivity index (χ2v) is 9.24. The Labute approximate surface area is 169 Å². The highest BCUT2D eigenvalue weighted by atomic mass is 32.2. The van der Waals surface area contributed by atoms with Crippen molar-refractivity contribution >= 4 is 40.3 Å². The molecule has 2 aliphatic heterocycles. The third kappa shape index (κ3) is 3.85. The largest absolute Gasteiger partial charge is 0.345 e. The van der Waals surface area contributed by atoms with Crippen LogP contribution in [0.4, 0.5) is 10.5 Å². The van der Waals surface area contributed by atoms with E-state index in [4.69, 9.17) is 0 Å². The van der Waals surface area contributed by atoms with Gasteiger partial charge in [-0.25, -0.2) is 4.79 Å². The fourth-order valence-electron chi connectivity index (χ4n) is 4.23. The van der Waals surface area contributed by atoms with E-state index in [9.17, 15) is 9.59 Å². The molecule has 6 nitrogen and oxygen atoms in total. The van der Waals surface area contributed by atoms with Crippen LogP contribution in [-0.2, 0) is 4.79 Å². The van der Waals surface area contributed by atoms with Crippen molar-refractivity contribution in [3.05, 3.63) is 30.5 Å². The number of nitrogens with one attached hydrogen (secondary N) is 3. The number of fused-ring (bicyclic) bond motifs is 2. The van der Waals surface area contributed by atoms with Gasteiger partial charge in [0.2, 0.25) is 5.91 Å². The SMILES string of the molecule is CC(C)n1ccc2c(NC(=O)CCCCC3SCC4NC(=O)NC43)cccc21. The van der Waals surface area contributed by atoms with Gasteiger partial charge in [0, 0.05) is 35.0 Å². The first kappa shape index (κ1) is 19.2. The fourth-order valence-corrected chi connectivity index (χ4v) is 5.78. The fraction of sp³-hybridized carbons (Fsp3) is 0.524. The molecule has 0 aliphatic carbocycles. The van der Waals surface area contributed by atoms with Gasteiger partial charge in [-0.2, -0.15) is 11.8 Å². The minimum absolute atomic E-state index is 0.0415. The van der Waals surface area contributed by atoms with Crippen molar-refractivity contribution < 1.29 is 9.59 Å². The van der Waals surface area contributed by atoms with Gasteiger partial charge in [-0.1, -0.05) is 12.5 Å². The Morgan fingerprint density at radius 2 is 2.14 bits per heavy atom. The molecular formula is C21H28N4O2S. The second kappa shape index (κ2) is 8.07. The summed E-state index contributed by atoms with van der Waals surface area (Å²) in [5, 5.41) is 10.6. The lowest BCUT2D eigenvalue weighted by atomic mass is 10.0. The van der Waals surface area contributed by atoms with E-state index in [2.05, 4.69) is 52.7 Å². The lowest BCUT2D eigenvalue weighted by molar-refractivity contribution is -0.116. The first-order valence-corrected chi connectivity index (χ1v) is 11.2. The molecular weight excluding hydrogens is 372 g/mol. The number of benzene rings is 1. The first-order chi connectivity index (χ1) is 13.5. The van der Waals surface area contributed by atoms with Gasteiger partial charge < -0.3 is 20.5 Å². The van der Waals surface area contributed by atoms with Gasteiger partial charge in [0.1, 0.15) is 0 Å². The van der Waals surface area contributed by atoms with E-state index in [0.717, 1.165) is 41.6 Å². The number of hydrogen-bond donors (Lipinski definition) is 3. The molecule has 2 aromatic rings. The summed E-state index contributed by atoms with van der Waals surface area (Å²) in [6, 6.07) is 8.98. The van der Waals surface area contributed by atoms with E-state index < -0.39 is 0 Å². The van der Waals surface area contributed by atoms with Crippen LogP contribution in [0, 0.1) is 0 Å². The Morgan fingerprint density at radius 3 is 2.96 bits per heavy atom. The van der Waals surface area contributed by atoms with E-state index in [1.54, 1.807) is 0 Å². The lowest BCUT2D eigenvalue weighted by Crippen LogP contribution is -2.36. The molecule has 3 atom stereocenters. The summed E-state index contributed by atoms with van der Waals surface area (Å²) in [4.78, 5) is 23.9. The van der Waals surface area contributed by atoms with Gasteiger partial charge in [0.25, 0.3) is 0 Å². The molecule has 150 valence electrons. The molecule has 3 heterocycles. The van der Waals surface area contributed by atoms with E-state index in [1.807, 2.05) is 23.9 Å². The number of anilines is 1. The number of aromatic nitrogens is 1. The molecule has 2 saturated heterocycles. The van der Waals surface area contributed by atoms with Crippen molar-refractivity contribution in [3.63, 3.8) is 0 Å². The molecule has 0 spiro atoms. The highest BCUT2D eigenvalue weighted by molar-refractivity contribution is 8.00. The van der Waals surface area contributed by atoms with Crippen molar-refractivity contribution in [1.29, 1.82) is 0 Å². The molecule has 1 aromatic heterocycles. The summed E-state index contributed by atoms with van der Waals surface area (Å²) in [5.74, 6) is 1.05. The molecule has 4 rings (SSSR count). The average molecular weight is 401 g/mol. The minimum atomic E-state index is -0.0415. The number of rotatable bonds is 7. The number of unbranched alkanes of at least 4 members (excludes halogenated alkanes) is 1. The van der Waals surface area contributed by atoms with Gasteiger partial charge in [-0.05, 0) is 44.9 Å². The number of thioether (sulfide) groups is 1. The van der Waals surface area contributed by atoms with E-state index in [-0.39, 0.29) is 24.0 Å². The van der Waals surface area contributed by atoms with Crippen LogP contribution in [0.25, 0.3) is 10.9 Å². The van der Waals surface area contributed by atoms with E-state index in [1.165, 1.54) is 0 Å². The van der Waals surface area contributed by atoms with Crippen molar-refractivity contribution in [1.82, 2.24) is 15.2 Å². The molecule has 0 saturated carbocycles. The molecule has 0 radical (unpaired) electrons. The van der Waals surface area contributed by atoms with Crippen LogP contribution >= 0.6 is 11.8 Å². The number of nitrogens with zero attached hydrogens (tertiary/aromatic N) is 1. The predicted octanol–water partition coefficient (Wildman–Crippen LogP) is 3.89. The maximum Gasteiger partial charge on any atom is 0.315 e. The standard InChI is InChI=1S/C21H28N4O2S/c1-13(2)25-11-10-14-15(6-5-7-17(14)25)22-19(26)9-4-3-8-18-20-16(12-28-18)23-21(27)24-20/h5-7,10-11,13,16,18,20H,3-4,8-9,12H2,1-2H3,(H,22,26)(H2,23,24,27). The van der Waals surface area contributed by atoms with E-state index in [0.29, 0.717) is 17.7 Å². The van der Waals surface area contributed by atoms with Crippen LogP contribution in [0.2, 0.25) is 0 Å². The van der Waals surface area contributed by atoms with E-state index >= 15 is 0 Å². The molecule has 1 aromatic carbocycles.